The Labute approximate surface area is 133 Å². The highest BCUT2D eigenvalue weighted by molar-refractivity contribution is 5.22. The first-order chi connectivity index (χ1) is 10.6. The zero-order valence-corrected chi connectivity index (χ0v) is 13.6. The molecule has 1 fully saturated rings. The number of nitrogens with one attached hydrogen (secondary N) is 1. The molecule has 0 amide bonds. The Bertz CT molecular complexity index is 544. The normalized spacial score (nSPS) is 35.3. The summed E-state index contributed by atoms with van der Waals surface area (Å²) in [4.78, 5) is 1.47. The minimum atomic E-state index is -0.279. The van der Waals surface area contributed by atoms with Gasteiger partial charge in [-0.15, -0.1) is 0 Å². The Hall–Kier alpha value is -1.64. The van der Waals surface area contributed by atoms with Crippen LogP contribution in [0.3, 0.4) is 0 Å². The maximum Gasteiger partial charge on any atom is 0.118 e. The largest absolute Gasteiger partial charge is 0.392 e. The van der Waals surface area contributed by atoms with Gasteiger partial charge < -0.3 is 10.0 Å². The second-order valence-corrected chi connectivity index (χ2v) is 6.73. The molecule has 2 aromatic rings. The van der Waals surface area contributed by atoms with Gasteiger partial charge in [-0.2, -0.15) is 0 Å². The van der Waals surface area contributed by atoms with Crippen LogP contribution in [0.5, 0.6) is 0 Å². The fourth-order valence-electron chi connectivity index (χ4n) is 4.35. The third-order valence-electron chi connectivity index (χ3n) is 5.43. The molecular weight excluding hydrogens is 270 g/mol. The van der Waals surface area contributed by atoms with Crippen LogP contribution < -0.4 is 4.90 Å². The van der Waals surface area contributed by atoms with E-state index in [1.165, 1.54) is 16.0 Å². The van der Waals surface area contributed by atoms with Crippen LogP contribution in [-0.4, -0.2) is 18.3 Å². The fraction of sp³-hybridized carbons (Fsp3) is 0.400. The zero-order chi connectivity index (χ0) is 15.7. The van der Waals surface area contributed by atoms with Gasteiger partial charge in [-0.3, -0.25) is 0 Å². The van der Waals surface area contributed by atoms with E-state index in [1.54, 1.807) is 0 Å². The van der Waals surface area contributed by atoms with Crippen LogP contribution >= 0.6 is 0 Å². The van der Waals surface area contributed by atoms with Crippen LogP contribution in [0.2, 0.25) is 0 Å². The lowest BCUT2D eigenvalue weighted by atomic mass is 9.74. The van der Waals surface area contributed by atoms with E-state index in [2.05, 4.69) is 81.6 Å². The van der Waals surface area contributed by atoms with Gasteiger partial charge in [0, 0.05) is 23.0 Å². The third kappa shape index (κ3) is 2.57. The van der Waals surface area contributed by atoms with Gasteiger partial charge in [-0.25, -0.2) is 0 Å². The van der Waals surface area contributed by atoms with Crippen molar-refractivity contribution in [1.29, 1.82) is 0 Å². The standard InChI is InChI=1S/C20H25NO/c1-14-18(16-10-6-4-7-11-16)21(3)19(15(2)20(14)22)17-12-8-5-9-13-17/h4-15,18-20,22H,1-3H3/p+1/t14-,15+,18-,19+,20?. The highest BCUT2D eigenvalue weighted by atomic mass is 16.3. The summed E-state index contributed by atoms with van der Waals surface area (Å²) in [5.74, 6) is 0.495. The number of benzene rings is 2. The van der Waals surface area contributed by atoms with Gasteiger partial charge in [0.1, 0.15) is 12.1 Å². The maximum absolute atomic E-state index is 10.8. The van der Waals surface area contributed by atoms with Gasteiger partial charge in [0.25, 0.3) is 0 Å². The predicted octanol–water partition coefficient (Wildman–Crippen LogP) is 2.63. The van der Waals surface area contributed by atoms with Crippen molar-refractivity contribution >= 4 is 0 Å². The summed E-state index contributed by atoms with van der Waals surface area (Å²) in [6.45, 7) is 4.37. The number of aliphatic hydroxyl groups excluding tert-OH is 1. The molecule has 2 heteroatoms. The lowest BCUT2D eigenvalue weighted by Crippen LogP contribution is -3.12. The maximum atomic E-state index is 10.8. The number of quaternary nitrogens is 1. The molecule has 0 aromatic heterocycles. The SMILES string of the molecule is C[C@@H]1C(O)[C@H](C)[C@H](c2ccccc2)[NH+](C)[C@@H]1c1ccccc1. The molecule has 2 unspecified atom stereocenters. The highest BCUT2D eigenvalue weighted by Gasteiger charge is 2.47. The van der Waals surface area contributed by atoms with Crippen molar-refractivity contribution in [3.05, 3.63) is 71.8 Å². The van der Waals surface area contributed by atoms with Gasteiger partial charge in [-0.1, -0.05) is 74.5 Å². The number of likely N-dealkylation sites (tertiary alicyclic amines) is 1. The van der Waals surface area contributed by atoms with Gasteiger partial charge >= 0.3 is 0 Å². The molecule has 0 bridgehead atoms. The van der Waals surface area contributed by atoms with Crippen molar-refractivity contribution in [3.63, 3.8) is 0 Å². The van der Waals surface area contributed by atoms with Crippen molar-refractivity contribution in [2.24, 2.45) is 11.8 Å². The van der Waals surface area contributed by atoms with Crippen LogP contribution in [0.15, 0.2) is 60.7 Å². The molecule has 1 heterocycles. The first-order valence-corrected chi connectivity index (χ1v) is 8.22. The molecule has 2 aromatic carbocycles. The smallest absolute Gasteiger partial charge is 0.118 e. The second kappa shape index (κ2) is 6.23. The van der Waals surface area contributed by atoms with Gasteiger partial charge in [0.05, 0.1) is 13.2 Å². The number of hydrogen-bond donors (Lipinski definition) is 2. The van der Waals surface area contributed by atoms with E-state index < -0.39 is 0 Å². The lowest BCUT2D eigenvalue weighted by Gasteiger charge is -2.47. The van der Waals surface area contributed by atoms with E-state index in [0.717, 1.165) is 0 Å². The number of aliphatic hydroxyl groups is 1. The topological polar surface area (TPSA) is 24.7 Å². The molecular formula is C20H26NO+. The number of hydrogen-bond acceptors (Lipinski definition) is 1. The first kappa shape index (κ1) is 15.3. The molecule has 2 N–H and O–H groups in total. The average molecular weight is 296 g/mol. The summed E-state index contributed by atoms with van der Waals surface area (Å²) in [6.07, 6.45) is -0.279. The molecule has 0 radical (unpaired) electrons. The van der Waals surface area contributed by atoms with E-state index >= 15 is 0 Å². The Morgan fingerprint density at radius 2 is 1.09 bits per heavy atom. The van der Waals surface area contributed by atoms with Crippen LogP contribution in [0.25, 0.3) is 0 Å². The average Bonchev–Trinajstić information content (AvgIpc) is 2.55. The molecule has 6 atom stereocenters. The van der Waals surface area contributed by atoms with Crippen molar-refractivity contribution in [2.75, 3.05) is 7.05 Å². The molecule has 0 aliphatic carbocycles. The quantitative estimate of drug-likeness (QED) is 0.875. The minimum absolute atomic E-state index is 0.248. The van der Waals surface area contributed by atoms with Gasteiger partial charge in [0.15, 0.2) is 0 Å². The molecule has 1 saturated heterocycles. The summed E-state index contributed by atoms with van der Waals surface area (Å²) in [6, 6.07) is 21.9. The second-order valence-electron chi connectivity index (χ2n) is 6.73. The van der Waals surface area contributed by atoms with Crippen LogP contribution in [0.4, 0.5) is 0 Å². The molecule has 0 spiro atoms. The third-order valence-corrected chi connectivity index (χ3v) is 5.43. The Kier molecular flexibility index (Phi) is 4.32. The summed E-state index contributed by atoms with van der Waals surface area (Å²) in [5, 5.41) is 10.8. The zero-order valence-electron chi connectivity index (χ0n) is 13.6. The number of piperidine rings is 1. The van der Waals surface area contributed by atoms with E-state index in [9.17, 15) is 5.11 Å². The molecule has 2 nitrogen and oxygen atoms in total. The van der Waals surface area contributed by atoms with Crippen molar-refractivity contribution in [1.82, 2.24) is 0 Å². The Morgan fingerprint density at radius 1 is 0.727 bits per heavy atom. The minimum Gasteiger partial charge on any atom is -0.392 e. The van der Waals surface area contributed by atoms with Gasteiger partial charge in [-0.05, 0) is 0 Å². The van der Waals surface area contributed by atoms with E-state index in [-0.39, 0.29) is 17.9 Å². The lowest BCUT2D eigenvalue weighted by molar-refractivity contribution is -0.959. The van der Waals surface area contributed by atoms with Gasteiger partial charge in [0.2, 0.25) is 0 Å². The Morgan fingerprint density at radius 3 is 1.45 bits per heavy atom. The van der Waals surface area contributed by atoms with E-state index in [1.807, 2.05) is 0 Å². The highest BCUT2D eigenvalue weighted by Crippen LogP contribution is 2.36. The molecule has 0 saturated carbocycles. The molecule has 1 aliphatic heterocycles. The monoisotopic (exact) mass is 296 g/mol. The summed E-state index contributed by atoms with van der Waals surface area (Å²) >= 11 is 0. The summed E-state index contributed by atoms with van der Waals surface area (Å²) in [7, 11) is 2.27. The van der Waals surface area contributed by atoms with Crippen molar-refractivity contribution < 1.29 is 10.0 Å². The number of rotatable bonds is 2. The molecule has 116 valence electrons. The van der Waals surface area contributed by atoms with E-state index in [0.29, 0.717) is 12.1 Å². The van der Waals surface area contributed by atoms with Crippen LogP contribution in [-0.2, 0) is 0 Å². The Balaban J connectivity index is 2.01. The first-order valence-electron chi connectivity index (χ1n) is 8.22. The summed E-state index contributed by atoms with van der Waals surface area (Å²) in [5.41, 5.74) is 2.64. The van der Waals surface area contributed by atoms with E-state index in [4.69, 9.17) is 0 Å². The van der Waals surface area contributed by atoms with Crippen LogP contribution in [0.1, 0.15) is 37.1 Å². The van der Waals surface area contributed by atoms with Crippen molar-refractivity contribution in [3.8, 4) is 0 Å². The fourth-order valence-corrected chi connectivity index (χ4v) is 4.35. The van der Waals surface area contributed by atoms with Crippen molar-refractivity contribution in [2.45, 2.75) is 32.0 Å². The van der Waals surface area contributed by atoms with Crippen LogP contribution in [0, 0.1) is 11.8 Å². The summed E-state index contributed by atoms with van der Waals surface area (Å²) < 4.78 is 0. The molecule has 22 heavy (non-hydrogen) atoms. The predicted molar refractivity (Wildman–Crippen MR) is 89.6 cm³/mol. The molecule has 1 aliphatic rings. The molecule has 3 rings (SSSR count).